The Kier molecular flexibility index (Phi) is 7.44. The summed E-state index contributed by atoms with van der Waals surface area (Å²) in [6.07, 6.45) is -0.324. The van der Waals surface area contributed by atoms with Crippen molar-refractivity contribution in [3.05, 3.63) is 65.7 Å². The van der Waals surface area contributed by atoms with E-state index in [9.17, 15) is 17.8 Å². The number of rotatable bonds is 6. The molecule has 2 aromatic rings. The molecule has 1 unspecified atom stereocenters. The van der Waals surface area contributed by atoms with Gasteiger partial charge in [-0.25, -0.2) is 0 Å². The summed E-state index contributed by atoms with van der Waals surface area (Å²) in [6.45, 7) is 0. The Bertz CT molecular complexity index is 742. The Hall–Kier alpha value is -1.18. The zero-order valence-electron chi connectivity index (χ0n) is 12.0. The van der Waals surface area contributed by atoms with Gasteiger partial charge in [0, 0.05) is 12.0 Å². The van der Waals surface area contributed by atoms with E-state index >= 15 is 0 Å². The summed E-state index contributed by atoms with van der Waals surface area (Å²) in [4.78, 5) is 12.3. The monoisotopic (exact) mass is 344 g/mol. The third-order valence-electron chi connectivity index (χ3n) is 3.31. The minimum atomic E-state index is -4.38. The van der Waals surface area contributed by atoms with E-state index in [4.69, 9.17) is 4.74 Å². The maximum atomic E-state index is 12.3. The zero-order valence-corrected chi connectivity index (χ0v) is 12.8. The van der Waals surface area contributed by atoms with Crippen LogP contribution in [0.2, 0.25) is 0 Å². The van der Waals surface area contributed by atoms with Crippen LogP contribution in [0.3, 0.4) is 0 Å². The van der Waals surface area contributed by atoms with Gasteiger partial charge in [-0.15, -0.1) is 0 Å². The fraction of sp³-hybridized carbons (Fsp3) is 0.188. The number of hydrogen-bond donors (Lipinski definition) is 1. The quantitative estimate of drug-likeness (QED) is 0.494. The molecule has 2 rings (SSSR count). The number of ketones is 1. The molecule has 0 heterocycles. The molecule has 2 aromatic carbocycles. The standard InChI is InChI=1S/C16H16O5S.Na.H/c1-21-14-9-7-12(8-10-14)15(17)11-16(22(18,19)20)13-5-3-2-4-6-13;;/h2-10,16H,11H2,1H3,(H,18,19,20);;. The molecule has 0 aliphatic rings. The molecule has 0 aromatic heterocycles. The van der Waals surface area contributed by atoms with E-state index in [2.05, 4.69) is 0 Å². The van der Waals surface area contributed by atoms with Crippen LogP contribution < -0.4 is 4.74 Å². The predicted molar refractivity (Wildman–Crippen MR) is 89.8 cm³/mol. The summed E-state index contributed by atoms with van der Waals surface area (Å²) >= 11 is 0. The first kappa shape index (κ1) is 19.9. The Morgan fingerprint density at radius 2 is 1.65 bits per heavy atom. The molecule has 0 aliphatic heterocycles. The van der Waals surface area contributed by atoms with Crippen molar-refractivity contribution in [2.75, 3.05) is 7.11 Å². The van der Waals surface area contributed by atoms with Gasteiger partial charge >= 0.3 is 29.6 Å². The molecular weight excluding hydrogens is 327 g/mol. The SMILES string of the molecule is COc1ccc(C(=O)CC(c2ccccc2)S(=O)(=O)O)cc1.[NaH]. The summed E-state index contributed by atoms with van der Waals surface area (Å²) in [5, 5.41) is -1.27. The van der Waals surface area contributed by atoms with Crippen molar-refractivity contribution >= 4 is 45.5 Å². The van der Waals surface area contributed by atoms with Crippen LogP contribution in [0.1, 0.15) is 27.6 Å². The van der Waals surface area contributed by atoms with Gasteiger partial charge in [0.05, 0.1) is 7.11 Å². The third-order valence-corrected chi connectivity index (χ3v) is 4.47. The minimum absolute atomic E-state index is 0. The summed E-state index contributed by atoms with van der Waals surface area (Å²) in [5.74, 6) is 0.236. The molecule has 0 fully saturated rings. The van der Waals surface area contributed by atoms with E-state index in [1.54, 1.807) is 54.6 Å². The third kappa shape index (κ3) is 5.44. The van der Waals surface area contributed by atoms with E-state index in [0.29, 0.717) is 16.9 Å². The van der Waals surface area contributed by atoms with Crippen LogP contribution in [0.15, 0.2) is 54.6 Å². The van der Waals surface area contributed by atoms with Gasteiger partial charge in [0.1, 0.15) is 11.0 Å². The van der Waals surface area contributed by atoms with Crippen LogP contribution in [0.25, 0.3) is 0 Å². The Morgan fingerprint density at radius 3 is 2.13 bits per heavy atom. The molecule has 0 aliphatic carbocycles. The van der Waals surface area contributed by atoms with Crippen molar-refractivity contribution in [1.82, 2.24) is 0 Å². The van der Waals surface area contributed by atoms with Gasteiger partial charge in [-0.3, -0.25) is 9.35 Å². The molecule has 7 heteroatoms. The van der Waals surface area contributed by atoms with Crippen LogP contribution in [0.5, 0.6) is 5.75 Å². The molecule has 0 bridgehead atoms. The van der Waals surface area contributed by atoms with Crippen molar-refractivity contribution in [2.45, 2.75) is 11.7 Å². The average Bonchev–Trinajstić information content (AvgIpc) is 2.52. The number of hydrogen-bond acceptors (Lipinski definition) is 4. The first-order chi connectivity index (χ1) is 10.4. The van der Waals surface area contributed by atoms with Crippen LogP contribution in [0, 0.1) is 0 Å². The van der Waals surface area contributed by atoms with Gasteiger partial charge in [0.2, 0.25) is 0 Å². The zero-order chi connectivity index (χ0) is 16.2. The summed E-state index contributed by atoms with van der Waals surface area (Å²) in [6, 6.07) is 14.6. The Balaban J connectivity index is 0.00000264. The van der Waals surface area contributed by atoms with Gasteiger partial charge in [0.25, 0.3) is 10.1 Å². The molecular formula is C16H17NaO5S. The predicted octanol–water partition coefficient (Wildman–Crippen LogP) is 2.25. The van der Waals surface area contributed by atoms with Gasteiger partial charge in [-0.05, 0) is 29.8 Å². The van der Waals surface area contributed by atoms with Crippen LogP contribution >= 0.6 is 0 Å². The molecule has 1 atom stereocenters. The van der Waals surface area contributed by atoms with E-state index in [-0.39, 0.29) is 41.8 Å². The molecule has 5 nitrogen and oxygen atoms in total. The number of methoxy groups -OCH3 is 1. The molecule has 118 valence electrons. The van der Waals surface area contributed by atoms with E-state index < -0.39 is 15.4 Å². The van der Waals surface area contributed by atoms with E-state index in [0.717, 1.165) is 0 Å². The second kappa shape index (κ2) is 8.61. The second-order valence-corrected chi connectivity index (χ2v) is 6.37. The van der Waals surface area contributed by atoms with Crippen LogP contribution in [-0.4, -0.2) is 55.4 Å². The molecule has 0 radical (unpaired) electrons. The van der Waals surface area contributed by atoms with Crippen molar-refractivity contribution in [2.24, 2.45) is 0 Å². The first-order valence-electron chi connectivity index (χ1n) is 6.60. The van der Waals surface area contributed by atoms with E-state index in [1.165, 1.54) is 7.11 Å². The summed E-state index contributed by atoms with van der Waals surface area (Å²) < 4.78 is 37.6. The van der Waals surface area contributed by atoms with Gasteiger partial charge in [-0.2, -0.15) is 8.42 Å². The van der Waals surface area contributed by atoms with Crippen molar-refractivity contribution in [3.63, 3.8) is 0 Å². The normalized spacial score (nSPS) is 12.1. The summed E-state index contributed by atoms with van der Waals surface area (Å²) in [5.41, 5.74) is 0.747. The average molecular weight is 344 g/mol. The molecule has 0 spiro atoms. The fourth-order valence-electron chi connectivity index (χ4n) is 2.13. The van der Waals surface area contributed by atoms with Crippen LogP contribution in [0.4, 0.5) is 0 Å². The van der Waals surface area contributed by atoms with Gasteiger partial charge in [0.15, 0.2) is 5.78 Å². The van der Waals surface area contributed by atoms with Crippen molar-refractivity contribution in [3.8, 4) is 5.75 Å². The van der Waals surface area contributed by atoms with Crippen LogP contribution in [-0.2, 0) is 10.1 Å². The molecule has 0 saturated heterocycles. The van der Waals surface area contributed by atoms with Crippen molar-refractivity contribution in [1.29, 1.82) is 0 Å². The maximum absolute atomic E-state index is 12.3. The van der Waals surface area contributed by atoms with Crippen molar-refractivity contribution < 1.29 is 22.5 Å². The fourth-order valence-corrected chi connectivity index (χ4v) is 2.99. The number of carbonyl (C=O) groups is 1. The Labute approximate surface area is 157 Å². The van der Waals surface area contributed by atoms with Gasteiger partial charge < -0.3 is 4.74 Å². The molecule has 1 N–H and O–H groups in total. The number of Topliss-reactive ketones (excluding diaryl/α,β-unsaturated/α-hetero) is 1. The number of carbonyl (C=O) groups excluding carboxylic acids is 1. The van der Waals surface area contributed by atoms with Gasteiger partial charge in [-0.1, -0.05) is 30.3 Å². The summed E-state index contributed by atoms with van der Waals surface area (Å²) in [7, 11) is -2.86. The Morgan fingerprint density at radius 1 is 1.09 bits per heavy atom. The number of ether oxygens (including phenoxy) is 1. The van der Waals surface area contributed by atoms with E-state index in [1.807, 2.05) is 0 Å². The molecule has 0 saturated carbocycles. The second-order valence-electron chi connectivity index (χ2n) is 4.77. The molecule has 0 amide bonds. The topological polar surface area (TPSA) is 80.7 Å². The first-order valence-corrected chi connectivity index (χ1v) is 8.10. The molecule has 23 heavy (non-hydrogen) atoms. The number of benzene rings is 2.